The molecule has 37 heavy (non-hydrogen) atoms. The van der Waals surface area contributed by atoms with Crippen LogP contribution in [0, 0.1) is 11.8 Å². The van der Waals surface area contributed by atoms with Crippen molar-refractivity contribution in [2.45, 2.75) is 71.3 Å². The first kappa shape index (κ1) is 28.7. The Hall–Kier alpha value is -2.86. The fourth-order valence-electron chi connectivity index (χ4n) is 5.42. The lowest BCUT2D eigenvalue weighted by atomic mass is 9.85. The van der Waals surface area contributed by atoms with Gasteiger partial charge in [0, 0.05) is 24.4 Å². The van der Waals surface area contributed by atoms with E-state index in [2.05, 4.69) is 42.2 Å². The van der Waals surface area contributed by atoms with E-state index in [1.54, 1.807) is 14.2 Å². The van der Waals surface area contributed by atoms with Gasteiger partial charge in [0.25, 0.3) is 0 Å². The minimum Gasteiger partial charge on any atom is -0.493 e. The monoisotopic (exact) mass is 509 g/mol. The summed E-state index contributed by atoms with van der Waals surface area (Å²) in [6.45, 7) is 5.38. The van der Waals surface area contributed by atoms with Crippen molar-refractivity contribution in [3.05, 3.63) is 59.2 Å². The van der Waals surface area contributed by atoms with Crippen LogP contribution in [0.4, 0.5) is 0 Å². The maximum atomic E-state index is 12.9. The van der Waals surface area contributed by atoms with Crippen LogP contribution in [0.3, 0.4) is 0 Å². The van der Waals surface area contributed by atoms with Crippen LogP contribution >= 0.6 is 0 Å². The Bertz CT molecular complexity index is 998. The summed E-state index contributed by atoms with van der Waals surface area (Å²) >= 11 is 0. The van der Waals surface area contributed by atoms with Crippen LogP contribution in [0.5, 0.6) is 11.5 Å². The molecule has 1 N–H and O–H groups in total. The summed E-state index contributed by atoms with van der Waals surface area (Å²) in [5, 5.41) is 8.21. The number of carbonyl (C=O) groups is 2. The summed E-state index contributed by atoms with van der Waals surface area (Å²) in [5.41, 5.74) is 3.31. The zero-order valence-corrected chi connectivity index (χ0v) is 22.7. The first-order chi connectivity index (χ1) is 17.9. The van der Waals surface area contributed by atoms with E-state index < -0.39 is 5.97 Å². The van der Waals surface area contributed by atoms with Gasteiger partial charge >= 0.3 is 5.97 Å². The summed E-state index contributed by atoms with van der Waals surface area (Å²) in [6.07, 6.45) is 8.74. The van der Waals surface area contributed by atoms with Gasteiger partial charge in [0.1, 0.15) is 0 Å². The highest BCUT2D eigenvalue weighted by Gasteiger charge is 2.34. The van der Waals surface area contributed by atoms with Crippen LogP contribution in [-0.2, 0) is 17.8 Å². The van der Waals surface area contributed by atoms with Gasteiger partial charge in [-0.1, -0.05) is 56.5 Å². The van der Waals surface area contributed by atoms with Gasteiger partial charge in [-0.25, -0.2) is 0 Å². The molecule has 0 radical (unpaired) electrons. The Labute approximate surface area is 222 Å². The number of unbranched alkanes of at least 4 members (excludes halogenated alkanes) is 3. The number of carbonyl (C=O) groups excluding carboxylic acids is 1. The summed E-state index contributed by atoms with van der Waals surface area (Å²) in [4.78, 5) is 25.4. The molecule has 1 saturated heterocycles. The summed E-state index contributed by atoms with van der Waals surface area (Å²) in [7, 11) is 3.26. The van der Waals surface area contributed by atoms with Gasteiger partial charge < -0.3 is 14.6 Å². The smallest absolute Gasteiger partial charge is 0.303 e. The van der Waals surface area contributed by atoms with E-state index in [0.29, 0.717) is 23.8 Å². The van der Waals surface area contributed by atoms with Crippen molar-refractivity contribution < 1.29 is 24.2 Å². The van der Waals surface area contributed by atoms with Crippen LogP contribution < -0.4 is 9.47 Å². The van der Waals surface area contributed by atoms with Crippen LogP contribution in [-0.4, -0.2) is 49.1 Å². The number of carboxylic acid groups (broad SMARTS) is 1. The summed E-state index contributed by atoms with van der Waals surface area (Å²) in [5.74, 6) is 1.71. The fraction of sp³-hybridized carbons (Fsp3) is 0.548. The molecule has 1 unspecified atom stereocenters. The number of aliphatic carboxylic acids is 1. The lowest BCUT2D eigenvalue weighted by Gasteiger charge is -2.32. The van der Waals surface area contributed by atoms with Crippen LogP contribution in [0.1, 0.15) is 79.8 Å². The maximum absolute atomic E-state index is 12.9. The molecule has 0 amide bonds. The molecule has 6 heteroatoms. The van der Waals surface area contributed by atoms with Crippen LogP contribution in [0.15, 0.2) is 42.5 Å². The lowest BCUT2D eigenvalue weighted by molar-refractivity contribution is -0.137. The minimum absolute atomic E-state index is 0.109. The number of fused-ring (bicyclic) bond motifs is 1. The molecule has 202 valence electrons. The molecule has 1 heterocycles. The predicted octanol–water partition coefficient (Wildman–Crippen LogP) is 6.40. The second-order valence-corrected chi connectivity index (χ2v) is 10.3. The van der Waals surface area contributed by atoms with Crippen molar-refractivity contribution in [1.29, 1.82) is 0 Å². The molecule has 0 spiro atoms. The van der Waals surface area contributed by atoms with Gasteiger partial charge in [0.2, 0.25) is 0 Å². The quantitative estimate of drug-likeness (QED) is 0.353. The third kappa shape index (κ3) is 8.60. The van der Waals surface area contributed by atoms with Crippen molar-refractivity contribution in [1.82, 2.24) is 4.90 Å². The zero-order valence-electron chi connectivity index (χ0n) is 22.7. The molecule has 0 aromatic heterocycles. The molecule has 4 rings (SSSR count). The fourth-order valence-corrected chi connectivity index (χ4v) is 5.42. The van der Waals surface area contributed by atoms with E-state index in [1.165, 1.54) is 24.8 Å². The third-order valence-corrected chi connectivity index (χ3v) is 7.53. The van der Waals surface area contributed by atoms with E-state index in [9.17, 15) is 9.59 Å². The number of hydrogen-bond donors (Lipinski definition) is 1. The van der Waals surface area contributed by atoms with Crippen molar-refractivity contribution in [2.75, 3.05) is 27.3 Å². The highest BCUT2D eigenvalue weighted by molar-refractivity contribution is 6.02. The number of methoxy groups -OCH3 is 2. The summed E-state index contributed by atoms with van der Waals surface area (Å²) < 4.78 is 10.8. The van der Waals surface area contributed by atoms with Crippen molar-refractivity contribution in [3.8, 4) is 11.5 Å². The third-order valence-electron chi connectivity index (χ3n) is 7.53. The second kappa shape index (κ2) is 14.8. The molecule has 2 aromatic carbocycles. The Morgan fingerprint density at radius 3 is 2.30 bits per heavy atom. The van der Waals surface area contributed by atoms with E-state index >= 15 is 0 Å². The first-order valence-electron chi connectivity index (χ1n) is 13.7. The number of Topliss-reactive ketones (excluding diaryl/α,β-unsaturated/α-hetero) is 1. The predicted molar refractivity (Wildman–Crippen MR) is 147 cm³/mol. The zero-order chi connectivity index (χ0) is 26.6. The number of ether oxygens (including phenoxy) is 2. The second-order valence-electron chi connectivity index (χ2n) is 10.3. The Balaban J connectivity index is 0.000000364. The van der Waals surface area contributed by atoms with Gasteiger partial charge in [-0.2, -0.15) is 0 Å². The number of carboxylic acids is 1. The molecule has 2 aromatic rings. The average Bonchev–Trinajstić information content (AvgIpc) is 3.21. The normalized spacial score (nSPS) is 17.6. The van der Waals surface area contributed by atoms with Crippen LogP contribution in [0.25, 0.3) is 0 Å². The Morgan fingerprint density at radius 2 is 1.68 bits per heavy atom. The highest BCUT2D eigenvalue weighted by Crippen LogP contribution is 2.39. The van der Waals surface area contributed by atoms with Gasteiger partial charge in [0.05, 0.1) is 14.2 Å². The maximum Gasteiger partial charge on any atom is 0.303 e. The first-order valence-corrected chi connectivity index (χ1v) is 13.7. The van der Waals surface area contributed by atoms with E-state index in [0.717, 1.165) is 62.9 Å². The lowest BCUT2D eigenvalue weighted by Crippen LogP contribution is -2.34. The molecule has 2 aliphatic rings. The number of rotatable bonds is 11. The standard InChI is InChI=1S/C24H29NO3.C7H14O2/c1-27-22-14-19-13-20(24(26)21(19)15-23(22)28-2)12-17-8-10-25(11-9-17)16-18-6-4-3-5-7-18;1-2-3-4-5-6-7(8)9/h3-7,14-15,17,20H,8-13,16H2,1-2H3;2-6H2,1H3,(H,8,9). The SMILES string of the molecule is CCCCCCC(=O)O.COc1cc2c(cc1OC)C(=O)C(CC1CCN(Cc3ccccc3)CC1)C2. The number of benzene rings is 2. The molecule has 1 aliphatic carbocycles. The number of ketones is 1. The highest BCUT2D eigenvalue weighted by atomic mass is 16.5. The van der Waals surface area contributed by atoms with Crippen LogP contribution in [0.2, 0.25) is 0 Å². The van der Waals surface area contributed by atoms with E-state index in [4.69, 9.17) is 14.6 Å². The van der Waals surface area contributed by atoms with Gasteiger partial charge in [-0.05, 0) is 74.4 Å². The van der Waals surface area contributed by atoms with Crippen molar-refractivity contribution in [3.63, 3.8) is 0 Å². The molecule has 0 bridgehead atoms. The van der Waals surface area contributed by atoms with E-state index in [1.807, 2.05) is 12.1 Å². The molecule has 1 fully saturated rings. The number of hydrogen-bond acceptors (Lipinski definition) is 5. The molecule has 1 atom stereocenters. The van der Waals surface area contributed by atoms with Gasteiger partial charge in [0.15, 0.2) is 17.3 Å². The molecule has 6 nitrogen and oxygen atoms in total. The molecule has 1 aliphatic heterocycles. The van der Waals surface area contributed by atoms with Gasteiger partial charge in [-0.3, -0.25) is 14.5 Å². The number of piperidine rings is 1. The van der Waals surface area contributed by atoms with E-state index in [-0.39, 0.29) is 11.7 Å². The number of likely N-dealkylation sites (tertiary alicyclic amines) is 1. The minimum atomic E-state index is -0.675. The largest absolute Gasteiger partial charge is 0.493 e. The topological polar surface area (TPSA) is 76.1 Å². The van der Waals surface area contributed by atoms with Crippen molar-refractivity contribution >= 4 is 11.8 Å². The average molecular weight is 510 g/mol. The Morgan fingerprint density at radius 1 is 1.00 bits per heavy atom. The summed E-state index contributed by atoms with van der Waals surface area (Å²) in [6, 6.07) is 14.5. The Kier molecular flexibility index (Phi) is 11.5. The van der Waals surface area contributed by atoms with Gasteiger partial charge in [-0.15, -0.1) is 0 Å². The van der Waals surface area contributed by atoms with Crippen molar-refractivity contribution in [2.24, 2.45) is 11.8 Å². The molecular formula is C31H43NO5. The molecule has 0 saturated carbocycles. The number of nitrogens with zero attached hydrogens (tertiary/aromatic N) is 1. The molecular weight excluding hydrogens is 466 g/mol.